The lowest BCUT2D eigenvalue weighted by atomic mass is 10.1. The molecule has 0 saturated heterocycles. The molecule has 106 valence electrons. The van der Waals surface area contributed by atoms with Gasteiger partial charge in [0.05, 0.1) is 6.54 Å². The third kappa shape index (κ3) is 9.80. The second kappa shape index (κ2) is 9.61. The van der Waals surface area contributed by atoms with Gasteiger partial charge in [0.2, 0.25) is 0 Å². The van der Waals surface area contributed by atoms with E-state index in [-0.39, 0.29) is 6.42 Å². The van der Waals surface area contributed by atoms with Gasteiger partial charge >= 0.3 is 12.0 Å². The van der Waals surface area contributed by atoms with E-state index < -0.39 is 25.0 Å². The van der Waals surface area contributed by atoms with Crippen molar-refractivity contribution in [3.05, 3.63) is 0 Å². The molecule has 0 aliphatic rings. The van der Waals surface area contributed by atoms with Crippen LogP contribution in [0.15, 0.2) is 0 Å². The fourth-order valence-electron chi connectivity index (χ4n) is 1.37. The summed E-state index contributed by atoms with van der Waals surface area (Å²) < 4.78 is 23.9. The van der Waals surface area contributed by atoms with E-state index in [0.29, 0.717) is 19.4 Å². The van der Waals surface area contributed by atoms with Crippen molar-refractivity contribution in [2.45, 2.75) is 38.5 Å². The summed E-state index contributed by atoms with van der Waals surface area (Å²) in [5, 5.41) is 10.9. The molecule has 0 unspecified atom stereocenters. The molecular weight excluding hydrogens is 246 g/mol. The topological polar surface area (TPSA) is 69.6 Å². The van der Waals surface area contributed by atoms with Crippen LogP contribution in [0.5, 0.6) is 0 Å². The number of carboxylic acids is 1. The van der Waals surface area contributed by atoms with E-state index >= 15 is 0 Å². The maximum atomic E-state index is 12.0. The van der Waals surface area contributed by atoms with Crippen LogP contribution in [-0.2, 0) is 4.79 Å². The van der Waals surface area contributed by atoms with Crippen molar-refractivity contribution < 1.29 is 23.5 Å². The molecule has 7 heteroatoms. The Balaban J connectivity index is 3.43. The van der Waals surface area contributed by atoms with E-state index in [1.54, 1.807) is 0 Å². The second-order valence-corrected chi connectivity index (χ2v) is 4.06. The molecule has 18 heavy (non-hydrogen) atoms. The Morgan fingerprint density at radius 2 is 1.83 bits per heavy atom. The van der Waals surface area contributed by atoms with Gasteiger partial charge in [-0.05, 0) is 12.8 Å². The Morgan fingerprint density at radius 1 is 1.22 bits per heavy atom. The number of nitrogens with one attached hydrogen (secondary N) is 1. The quantitative estimate of drug-likeness (QED) is 0.626. The second-order valence-electron chi connectivity index (χ2n) is 4.06. The number of rotatable bonds is 9. The lowest BCUT2D eigenvalue weighted by Crippen LogP contribution is -2.40. The van der Waals surface area contributed by atoms with Gasteiger partial charge in [-0.2, -0.15) is 0 Å². The van der Waals surface area contributed by atoms with Gasteiger partial charge in [0.25, 0.3) is 6.43 Å². The third-order valence-electron chi connectivity index (χ3n) is 2.35. The summed E-state index contributed by atoms with van der Waals surface area (Å²) in [6.45, 7) is -0.163. The normalized spacial score (nSPS) is 10.4. The minimum atomic E-state index is -2.53. The monoisotopic (exact) mass is 266 g/mol. The minimum Gasteiger partial charge on any atom is -0.481 e. The number of hydrogen-bond acceptors (Lipinski definition) is 2. The molecule has 0 spiro atoms. The molecule has 0 bridgehead atoms. The van der Waals surface area contributed by atoms with Gasteiger partial charge in [-0.3, -0.25) is 4.79 Å². The molecule has 5 nitrogen and oxygen atoms in total. The van der Waals surface area contributed by atoms with Crippen molar-refractivity contribution in [1.82, 2.24) is 10.2 Å². The average Bonchev–Trinajstić information content (AvgIpc) is 2.26. The zero-order chi connectivity index (χ0) is 14.0. The first-order valence-electron chi connectivity index (χ1n) is 5.92. The Kier molecular flexibility index (Phi) is 8.86. The fraction of sp³-hybridized carbons (Fsp3) is 0.818. The summed E-state index contributed by atoms with van der Waals surface area (Å²) in [7, 11) is 1.31. The number of carboxylic acid groups (broad SMARTS) is 1. The van der Waals surface area contributed by atoms with E-state index in [9.17, 15) is 18.4 Å². The standard InChI is InChI=1S/C11H20F2N2O3/c1-15(8-9(12)13)11(18)14-7-5-3-2-4-6-10(16)17/h9H,2-8H2,1H3,(H,14,18)(H,16,17). The largest absolute Gasteiger partial charge is 0.481 e. The van der Waals surface area contributed by atoms with E-state index in [0.717, 1.165) is 17.7 Å². The summed E-state index contributed by atoms with van der Waals surface area (Å²) in [6, 6.07) is -0.513. The highest BCUT2D eigenvalue weighted by molar-refractivity contribution is 5.73. The Morgan fingerprint density at radius 3 is 2.39 bits per heavy atom. The summed E-state index contributed by atoms with van der Waals surface area (Å²) in [6.07, 6.45) is 0.560. The number of urea groups is 1. The molecule has 2 N–H and O–H groups in total. The van der Waals surface area contributed by atoms with Crippen LogP contribution in [0.1, 0.15) is 32.1 Å². The van der Waals surface area contributed by atoms with Crippen LogP contribution in [0, 0.1) is 0 Å². The molecule has 0 atom stereocenters. The molecule has 0 aliphatic heterocycles. The molecule has 0 aromatic carbocycles. The first kappa shape index (κ1) is 16.6. The highest BCUT2D eigenvalue weighted by Crippen LogP contribution is 2.02. The predicted molar refractivity (Wildman–Crippen MR) is 62.8 cm³/mol. The number of halogens is 2. The molecule has 0 aliphatic carbocycles. The number of hydrogen-bond donors (Lipinski definition) is 2. The molecular formula is C11H20F2N2O3. The number of carbonyl (C=O) groups excluding carboxylic acids is 1. The summed E-state index contributed by atoms with van der Waals surface area (Å²) in [5.41, 5.74) is 0. The van der Waals surface area contributed by atoms with Crippen LogP contribution >= 0.6 is 0 Å². The van der Waals surface area contributed by atoms with Crippen LogP contribution in [0.4, 0.5) is 13.6 Å². The first-order chi connectivity index (χ1) is 8.43. The molecule has 0 rings (SSSR count). The SMILES string of the molecule is CN(CC(F)F)C(=O)NCCCCCCC(=O)O. The van der Waals surface area contributed by atoms with Gasteiger partial charge < -0.3 is 15.3 Å². The lowest BCUT2D eigenvalue weighted by molar-refractivity contribution is -0.137. The third-order valence-corrected chi connectivity index (χ3v) is 2.35. The van der Waals surface area contributed by atoms with Gasteiger partial charge in [-0.1, -0.05) is 12.8 Å². The highest BCUT2D eigenvalue weighted by atomic mass is 19.3. The van der Waals surface area contributed by atoms with Crippen molar-refractivity contribution in [3.63, 3.8) is 0 Å². The van der Waals surface area contributed by atoms with Crippen LogP contribution in [-0.4, -0.2) is 48.6 Å². The molecule has 0 aromatic rings. The molecule has 0 fully saturated rings. The molecule has 0 radical (unpaired) electrons. The molecule has 2 amide bonds. The van der Waals surface area contributed by atoms with Crippen LogP contribution < -0.4 is 5.32 Å². The van der Waals surface area contributed by atoms with Crippen molar-refractivity contribution in [2.24, 2.45) is 0 Å². The number of amides is 2. The molecule has 0 aromatic heterocycles. The zero-order valence-corrected chi connectivity index (χ0v) is 10.5. The number of alkyl halides is 2. The van der Waals surface area contributed by atoms with Gasteiger partial charge in [-0.15, -0.1) is 0 Å². The van der Waals surface area contributed by atoms with Gasteiger partial charge in [-0.25, -0.2) is 13.6 Å². The maximum absolute atomic E-state index is 12.0. The molecule has 0 saturated carbocycles. The maximum Gasteiger partial charge on any atom is 0.317 e. The number of carbonyl (C=O) groups is 2. The molecule has 0 heterocycles. The van der Waals surface area contributed by atoms with E-state index in [1.807, 2.05) is 0 Å². The van der Waals surface area contributed by atoms with E-state index in [4.69, 9.17) is 5.11 Å². The highest BCUT2D eigenvalue weighted by Gasteiger charge is 2.12. The Hall–Kier alpha value is -1.40. The van der Waals surface area contributed by atoms with Gasteiger partial charge in [0, 0.05) is 20.0 Å². The number of aliphatic carboxylic acids is 1. The lowest BCUT2D eigenvalue weighted by Gasteiger charge is -2.17. The first-order valence-corrected chi connectivity index (χ1v) is 5.92. The van der Waals surface area contributed by atoms with Crippen molar-refractivity contribution in [1.29, 1.82) is 0 Å². The fourth-order valence-corrected chi connectivity index (χ4v) is 1.37. The summed E-state index contributed by atoms with van der Waals surface area (Å²) >= 11 is 0. The van der Waals surface area contributed by atoms with Crippen molar-refractivity contribution >= 4 is 12.0 Å². The van der Waals surface area contributed by atoms with Gasteiger partial charge in [0.15, 0.2) is 0 Å². The van der Waals surface area contributed by atoms with Crippen molar-refractivity contribution in [2.75, 3.05) is 20.1 Å². The zero-order valence-electron chi connectivity index (χ0n) is 10.5. The number of unbranched alkanes of at least 4 members (excludes halogenated alkanes) is 3. The summed E-state index contributed by atoms with van der Waals surface area (Å²) in [4.78, 5) is 22.4. The Labute approximate surface area is 105 Å². The average molecular weight is 266 g/mol. The van der Waals surface area contributed by atoms with Crippen molar-refractivity contribution in [3.8, 4) is 0 Å². The van der Waals surface area contributed by atoms with Crippen LogP contribution in [0.25, 0.3) is 0 Å². The number of nitrogens with zero attached hydrogens (tertiary/aromatic N) is 1. The minimum absolute atomic E-state index is 0.156. The van der Waals surface area contributed by atoms with Gasteiger partial charge in [0.1, 0.15) is 0 Å². The summed E-state index contributed by atoms with van der Waals surface area (Å²) in [5.74, 6) is -0.808. The van der Waals surface area contributed by atoms with E-state index in [1.165, 1.54) is 7.05 Å². The Bertz CT molecular complexity index is 263. The predicted octanol–water partition coefficient (Wildman–Crippen LogP) is 1.93. The van der Waals surface area contributed by atoms with E-state index in [2.05, 4.69) is 5.32 Å². The van der Waals surface area contributed by atoms with Crippen LogP contribution in [0.2, 0.25) is 0 Å². The smallest absolute Gasteiger partial charge is 0.317 e. The van der Waals surface area contributed by atoms with Crippen LogP contribution in [0.3, 0.4) is 0 Å².